The number of methoxy groups -OCH3 is 1. The Kier molecular flexibility index (Phi) is 6.62. The molecule has 1 fully saturated rings. The average molecular weight is 437 g/mol. The first-order chi connectivity index (χ1) is 15.2. The largest absolute Gasteiger partial charge is 0.465 e. The van der Waals surface area contributed by atoms with Gasteiger partial charge in [0.15, 0.2) is 0 Å². The van der Waals surface area contributed by atoms with Gasteiger partial charge in [0.2, 0.25) is 0 Å². The van der Waals surface area contributed by atoms with Crippen LogP contribution in [0.15, 0.2) is 65.5 Å². The zero-order chi connectivity index (χ0) is 21.6. The van der Waals surface area contributed by atoms with E-state index in [2.05, 4.69) is 10.4 Å². The van der Waals surface area contributed by atoms with E-state index < -0.39 is 0 Å². The van der Waals surface area contributed by atoms with Gasteiger partial charge in [0.25, 0.3) is 0 Å². The Morgan fingerprint density at radius 1 is 1.13 bits per heavy atom. The van der Waals surface area contributed by atoms with Gasteiger partial charge in [0.1, 0.15) is 6.61 Å². The Bertz CT molecular complexity index is 1010. The molecule has 1 aliphatic heterocycles. The van der Waals surface area contributed by atoms with E-state index in [4.69, 9.17) is 9.47 Å². The van der Waals surface area contributed by atoms with Crippen molar-refractivity contribution in [2.24, 2.45) is 0 Å². The third kappa shape index (κ3) is 4.94. The number of aromatic nitrogens is 1. The van der Waals surface area contributed by atoms with Gasteiger partial charge in [-0.05, 0) is 36.1 Å². The first kappa shape index (κ1) is 21.1. The fourth-order valence-corrected chi connectivity index (χ4v) is 4.59. The quantitative estimate of drug-likeness (QED) is 0.515. The summed E-state index contributed by atoms with van der Waals surface area (Å²) >= 11 is 1.58. The molecule has 0 spiro atoms. The lowest BCUT2D eigenvalue weighted by Crippen LogP contribution is -2.41. The molecule has 1 unspecified atom stereocenters. The van der Waals surface area contributed by atoms with Crippen LogP contribution in [-0.4, -0.2) is 35.6 Å². The number of likely N-dealkylation sites (tertiary alicyclic amines) is 1. The van der Waals surface area contributed by atoms with Crippen molar-refractivity contribution < 1.29 is 19.1 Å². The normalized spacial score (nSPS) is 18.4. The molecule has 2 heterocycles. The predicted molar refractivity (Wildman–Crippen MR) is 118 cm³/mol. The van der Waals surface area contributed by atoms with Crippen LogP contribution in [0.4, 0.5) is 4.79 Å². The molecule has 2 atom stereocenters. The Hall–Kier alpha value is -3.19. The number of carbonyl (C=O) groups is 2. The molecule has 0 N–H and O–H groups in total. The number of amides is 1. The third-order valence-corrected chi connectivity index (χ3v) is 6.23. The number of hydrogen-bond acceptors (Lipinski definition) is 6. The number of benzene rings is 2. The van der Waals surface area contributed by atoms with Crippen molar-refractivity contribution in [3.63, 3.8) is 0 Å². The first-order valence-corrected chi connectivity index (χ1v) is 11.1. The van der Waals surface area contributed by atoms with E-state index in [1.807, 2.05) is 48.0 Å². The number of ether oxygens (including phenoxy) is 2. The maximum atomic E-state index is 13.0. The van der Waals surface area contributed by atoms with E-state index in [9.17, 15) is 9.59 Å². The van der Waals surface area contributed by atoms with Crippen LogP contribution >= 0.6 is 11.3 Å². The van der Waals surface area contributed by atoms with Crippen LogP contribution in [0.5, 0.6) is 0 Å². The third-order valence-electron chi connectivity index (χ3n) is 5.63. The van der Waals surface area contributed by atoms with Crippen molar-refractivity contribution in [2.45, 2.75) is 31.4 Å². The zero-order valence-corrected chi connectivity index (χ0v) is 18.1. The molecule has 1 aromatic heterocycles. The Morgan fingerprint density at radius 3 is 2.58 bits per heavy atom. The summed E-state index contributed by atoms with van der Waals surface area (Å²) in [5.74, 6) is -0.107. The Labute approximate surface area is 185 Å². The van der Waals surface area contributed by atoms with E-state index in [-0.39, 0.29) is 30.6 Å². The zero-order valence-electron chi connectivity index (χ0n) is 17.3. The summed E-state index contributed by atoms with van der Waals surface area (Å²) < 4.78 is 10.4. The Balaban J connectivity index is 1.54. The fraction of sp³-hybridized carbons (Fsp3) is 0.292. The van der Waals surface area contributed by atoms with Crippen LogP contribution in [0.2, 0.25) is 0 Å². The molecular formula is C24H24N2O4S. The molecule has 1 amide bonds. The van der Waals surface area contributed by atoms with Crippen LogP contribution in [-0.2, 0) is 16.1 Å². The highest BCUT2D eigenvalue weighted by Gasteiger charge is 2.35. The highest BCUT2D eigenvalue weighted by Crippen LogP contribution is 2.39. The average Bonchev–Trinajstić information content (AvgIpc) is 3.37. The minimum atomic E-state index is -0.380. The molecule has 0 aliphatic carbocycles. The number of hydrogen-bond donors (Lipinski definition) is 0. The van der Waals surface area contributed by atoms with Crippen molar-refractivity contribution >= 4 is 23.4 Å². The fourth-order valence-electron chi connectivity index (χ4n) is 3.95. The number of thiazole rings is 1. The number of nitrogens with zero attached hydrogens (tertiary/aromatic N) is 2. The van der Waals surface area contributed by atoms with E-state index in [1.54, 1.807) is 28.4 Å². The SMILES string of the molecule is COC(=O)c1ccc([C@@H]2CC(c3cscn3)CCN2C(=O)OCc2ccccc2)cc1. The summed E-state index contributed by atoms with van der Waals surface area (Å²) in [6, 6.07) is 16.7. The lowest BCUT2D eigenvalue weighted by molar-refractivity contribution is 0.0596. The van der Waals surface area contributed by atoms with Gasteiger partial charge in [-0.2, -0.15) is 0 Å². The van der Waals surface area contributed by atoms with Crippen LogP contribution in [0.25, 0.3) is 0 Å². The molecule has 160 valence electrons. The molecule has 0 saturated carbocycles. The topological polar surface area (TPSA) is 68.7 Å². The highest BCUT2D eigenvalue weighted by atomic mass is 32.1. The number of carbonyl (C=O) groups excluding carboxylic acids is 2. The van der Waals surface area contributed by atoms with Crippen molar-refractivity contribution in [2.75, 3.05) is 13.7 Å². The van der Waals surface area contributed by atoms with E-state index in [0.717, 1.165) is 29.7 Å². The van der Waals surface area contributed by atoms with Gasteiger partial charge >= 0.3 is 12.1 Å². The molecule has 0 bridgehead atoms. The second-order valence-electron chi connectivity index (χ2n) is 7.50. The number of rotatable bonds is 5. The van der Waals surface area contributed by atoms with Crippen LogP contribution in [0.1, 0.15) is 52.0 Å². The Morgan fingerprint density at radius 2 is 1.90 bits per heavy atom. The van der Waals surface area contributed by atoms with Crippen molar-refractivity contribution in [3.05, 3.63) is 87.9 Å². The monoisotopic (exact) mass is 436 g/mol. The van der Waals surface area contributed by atoms with Crippen LogP contribution in [0.3, 0.4) is 0 Å². The summed E-state index contributed by atoms with van der Waals surface area (Å²) in [6.45, 7) is 0.818. The molecule has 3 aromatic rings. The van der Waals surface area contributed by atoms with Gasteiger partial charge in [-0.1, -0.05) is 42.5 Å². The molecule has 31 heavy (non-hydrogen) atoms. The maximum Gasteiger partial charge on any atom is 0.410 e. The molecule has 7 heteroatoms. The second-order valence-corrected chi connectivity index (χ2v) is 8.22. The number of esters is 1. The second kappa shape index (κ2) is 9.75. The smallest absolute Gasteiger partial charge is 0.410 e. The van der Waals surface area contributed by atoms with Gasteiger partial charge in [0, 0.05) is 17.8 Å². The molecule has 6 nitrogen and oxygen atoms in total. The van der Waals surface area contributed by atoms with Gasteiger partial charge in [0.05, 0.1) is 29.9 Å². The molecular weight excluding hydrogens is 412 g/mol. The lowest BCUT2D eigenvalue weighted by Gasteiger charge is -2.38. The highest BCUT2D eigenvalue weighted by molar-refractivity contribution is 7.07. The lowest BCUT2D eigenvalue weighted by atomic mass is 9.85. The standard InChI is InChI=1S/C24H24N2O4S/c1-29-23(27)19-9-7-18(8-10-19)22-13-20(21-15-31-16-25-21)11-12-26(22)24(28)30-14-17-5-3-2-4-6-17/h2-10,15-16,20,22H,11-14H2,1H3/t20?,22-/m0/s1. The van der Waals surface area contributed by atoms with Gasteiger partial charge < -0.3 is 14.4 Å². The van der Waals surface area contributed by atoms with Crippen molar-refractivity contribution in [1.82, 2.24) is 9.88 Å². The summed E-state index contributed by atoms with van der Waals surface area (Å²) in [6.07, 6.45) is 1.26. The summed E-state index contributed by atoms with van der Waals surface area (Å²) in [4.78, 5) is 31.0. The molecule has 0 radical (unpaired) electrons. The summed E-state index contributed by atoms with van der Waals surface area (Å²) in [7, 11) is 1.36. The first-order valence-electron chi connectivity index (χ1n) is 10.2. The minimum absolute atomic E-state index is 0.157. The minimum Gasteiger partial charge on any atom is -0.465 e. The molecule has 4 rings (SSSR count). The van der Waals surface area contributed by atoms with Crippen LogP contribution < -0.4 is 0 Å². The number of piperidine rings is 1. The van der Waals surface area contributed by atoms with Crippen molar-refractivity contribution in [3.8, 4) is 0 Å². The predicted octanol–water partition coefficient (Wildman–Crippen LogP) is 5.19. The van der Waals surface area contributed by atoms with Gasteiger partial charge in [-0.25, -0.2) is 14.6 Å². The van der Waals surface area contributed by atoms with Crippen molar-refractivity contribution in [1.29, 1.82) is 0 Å². The van der Waals surface area contributed by atoms with Crippen LogP contribution in [0, 0.1) is 0 Å². The van der Waals surface area contributed by atoms with Gasteiger partial charge in [-0.15, -0.1) is 11.3 Å². The van der Waals surface area contributed by atoms with Gasteiger partial charge in [-0.3, -0.25) is 0 Å². The summed E-state index contributed by atoms with van der Waals surface area (Å²) in [5, 5.41) is 2.07. The molecule has 1 aliphatic rings. The molecule has 1 saturated heterocycles. The maximum absolute atomic E-state index is 13.0. The van der Waals surface area contributed by atoms with E-state index >= 15 is 0 Å². The van der Waals surface area contributed by atoms with E-state index in [0.29, 0.717) is 12.1 Å². The molecule has 2 aromatic carbocycles. The summed E-state index contributed by atoms with van der Waals surface area (Å²) in [5.41, 5.74) is 5.31. The van der Waals surface area contributed by atoms with E-state index in [1.165, 1.54) is 7.11 Å².